The Morgan fingerprint density at radius 3 is 2.67 bits per heavy atom. The van der Waals surface area contributed by atoms with Crippen molar-refractivity contribution in [2.45, 2.75) is 26.3 Å². The largest absolute Gasteiger partial charge is 0.344 e. The summed E-state index contributed by atoms with van der Waals surface area (Å²) in [6.07, 6.45) is 1.58. The van der Waals surface area contributed by atoms with Gasteiger partial charge in [0.2, 0.25) is 5.91 Å². The third-order valence-electron chi connectivity index (χ3n) is 5.40. The predicted molar refractivity (Wildman–Crippen MR) is 118 cm³/mol. The average Bonchev–Trinajstić information content (AvgIpc) is 3.30. The van der Waals surface area contributed by atoms with Gasteiger partial charge in [0, 0.05) is 20.0 Å². The maximum atomic E-state index is 12.7. The predicted octanol–water partition coefficient (Wildman–Crippen LogP) is 2.88. The van der Waals surface area contributed by atoms with Crippen molar-refractivity contribution in [2.24, 2.45) is 5.92 Å². The zero-order valence-corrected chi connectivity index (χ0v) is 18.3. The van der Waals surface area contributed by atoms with Gasteiger partial charge in [-0.25, -0.2) is 9.97 Å². The molecule has 1 aliphatic rings. The van der Waals surface area contributed by atoms with Crippen molar-refractivity contribution in [2.75, 3.05) is 32.5 Å². The van der Waals surface area contributed by atoms with Gasteiger partial charge < -0.3 is 15.2 Å². The van der Waals surface area contributed by atoms with Gasteiger partial charge in [0.05, 0.1) is 23.3 Å². The second-order valence-electron chi connectivity index (χ2n) is 7.87. The molecule has 0 saturated carbocycles. The first-order chi connectivity index (χ1) is 14.4. The maximum Gasteiger partial charge on any atom is 0.265 e. The second-order valence-corrected chi connectivity index (χ2v) is 8.87. The summed E-state index contributed by atoms with van der Waals surface area (Å²) >= 11 is 1.24. The van der Waals surface area contributed by atoms with Gasteiger partial charge >= 0.3 is 0 Å². The molecular formula is C21H26N6O2S. The number of aromatic amines is 1. The first-order valence-corrected chi connectivity index (χ1v) is 10.9. The van der Waals surface area contributed by atoms with Gasteiger partial charge in [0.15, 0.2) is 5.13 Å². The molecule has 2 amide bonds. The fourth-order valence-electron chi connectivity index (χ4n) is 3.70. The van der Waals surface area contributed by atoms with Crippen LogP contribution in [0, 0.1) is 12.8 Å². The molecule has 0 unspecified atom stereocenters. The van der Waals surface area contributed by atoms with Gasteiger partial charge in [0.25, 0.3) is 5.91 Å². The monoisotopic (exact) mass is 426 g/mol. The fraction of sp³-hybridized carbons (Fsp3) is 0.429. The van der Waals surface area contributed by atoms with Crippen LogP contribution in [-0.4, -0.2) is 63.8 Å². The lowest BCUT2D eigenvalue weighted by Crippen LogP contribution is -2.38. The summed E-state index contributed by atoms with van der Waals surface area (Å²) in [5, 5.41) is 3.40. The average molecular weight is 427 g/mol. The molecular weight excluding hydrogens is 400 g/mol. The fourth-order valence-corrected chi connectivity index (χ4v) is 4.70. The van der Waals surface area contributed by atoms with Crippen molar-refractivity contribution in [1.82, 2.24) is 24.8 Å². The normalized spacial score (nSPS) is 15.4. The lowest BCUT2D eigenvalue weighted by Gasteiger charge is -2.30. The molecule has 2 aromatic heterocycles. The Bertz CT molecular complexity index is 1030. The third-order valence-corrected chi connectivity index (χ3v) is 6.46. The Labute approximate surface area is 179 Å². The Kier molecular flexibility index (Phi) is 5.83. The molecule has 1 aromatic carbocycles. The number of thiazole rings is 1. The molecule has 30 heavy (non-hydrogen) atoms. The number of hydrogen-bond acceptors (Lipinski definition) is 6. The number of likely N-dealkylation sites (tertiary alicyclic amines) is 1. The number of piperidine rings is 1. The third kappa shape index (κ3) is 4.36. The minimum absolute atomic E-state index is 0.0176. The zero-order valence-electron chi connectivity index (χ0n) is 17.4. The van der Waals surface area contributed by atoms with E-state index in [0.717, 1.165) is 49.3 Å². The Balaban J connectivity index is 1.31. The molecule has 1 fully saturated rings. The molecule has 2 N–H and O–H groups in total. The number of aryl methyl sites for hydroxylation is 1. The summed E-state index contributed by atoms with van der Waals surface area (Å²) in [5.74, 6) is 0.796. The van der Waals surface area contributed by atoms with E-state index in [-0.39, 0.29) is 17.7 Å². The van der Waals surface area contributed by atoms with Crippen molar-refractivity contribution < 1.29 is 9.59 Å². The first-order valence-electron chi connectivity index (χ1n) is 10.1. The number of fused-ring (bicyclic) bond motifs is 1. The highest BCUT2D eigenvalue weighted by Gasteiger charge is 2.27. The van der Waals surface area contributed by atoms with Crippen molar-refractivity contribution >= 4 is 39.3 Å². The van der Waals surface area contributed by atoms with Crippen LogP contribution >= 0.6 is 11.3 Å². The summed E-state index contributed by atoms with van der Waals surface area (Å²) in [5.41, 5.74) is 2.68. The number of anilines is 1. The number of rotatable bonds is 5. The van der Waals surface area contributed by atoms with Crippen LogP contribution in [0.15, 0.2) is 24.3 Å². The number of hydrogen-bond donors (Lipinski definition) is 2. The van der Waals surface area contributed by atoms with Crippen molar-refractivity contribution in [3.05, 3.63) is 40.7 Å². The lowest BCUT2D eigenvalue weighted by molar-refractivity contribution is -0.121. The molecule has 158 valence electrons. The molecule has 0 spiro atoms. The smallest absolute Gasteiger partial charge is 0.265 e. The molecule has 0 radical (unpaired) electrons. The number of nitrogens with one attached hydrogen (secondary N) is 2. The lowest BCUT2D eigenvalue weighted by atomic mass is 9.96. The zero-order chi connectivity index (χ0) is 21.3. The molecule has 3 heterocycles. The van der Waals surface area contributed by atoms with Gasteiger partial charge in [-0.15, -0.1) is 0 Å². The standard InChI is InChI=1S/C21H26N6O2S/c1-13-18(20(29)26(2)3)30-21(22-13)25-19(28)14-8-10-27(11-9-14)12-17-23-15-6-4-5-7-16(15)24-17/h4-7,14H,8-12H2,1-3H3,(H,23,24)(H,22,25,28). The van der Waals surface area contributed by atoms with E-state index in [1.54, 1.807) is 21.0 Å². The van der Waals surface area contributed by atoms with Crippen LogP contribution in [0.2, 0.25) is 0 Å². The summed E-state index contributed by atoms with van der Waals surface area (Å²) in [6, 6.07) is 8.02. The van der Waals surface area contributed by atoms with Crippen LogP contribution in [0.5, 0.6) is 0 Å². The number of carbonyl (C=O) groups is 2. The van der Waals surface area contributed by atoms with E-state index in [2.05, 4.69) is 25.2 Å². The topological polar surface area (TPSA) is 94.2 Å². The van der Waals surface area contributed by atoms with Crippen LogP contribution in [0.25, 0.3) is 11.0 Å². The van der Waals surface area contributed by atoms with Gasteiger partial charge in [-0.05, 0) is 45.0 Å². The quantitative estimate of drug-likeness (QED) is 0.654. The van der Waals surface area contributed by atoms with Crippen molar-refractivity contribution in [3.8, 4) is 0 Å². The van der Waals surface area contributed by atoms with Crippen LogP contribution in [0.4, 0.5) is 5.13 Å². The minimum atomic E-state index is -0.0932. The Hall–Kier alpha value is -2.78. The molecule has 3 aromatic rings. The molecule has 8 nitrogen and oxygen atoms in total. The van der Waals surface area contributed by atoms with Crippen LogP contribution < -0.4 is 5.32 Å². The van der Waals surface area contributed by atoms with Crippen LogP contribution in [0.1, 0.15) is 34.0 Å². The Morgan fingerprint density at radius 2 is 1.97 bits per heavy atom. The van der Waals surface area contributed by atoms with E-state index in [4.69, 9.17) is 0 Å². The van der Waals surface area contributed by atoms with Gasteiger partial charge in [-0.2, -0.15) is 0 Å². The molecule has 0 bridgehead atoms. The number of benzene rings is 1. The summed E-state index contributed by atoms with van der Waals surface area (Å²) < 4.78 is 0. The molecule has 9 heteroatoms. The number of H-pyrrole nitrogens is 1. The van der Waals surface area contributed by atoms with Crippen LogP contribution in [-0.2, 0) is 11.3 Å². The van der Waals surface area contributed by atoms with E-state index in [1.807, 2.05) is 24.3 Å². The summed E-state index contributed by atoms with van der Waals surface area (Å²) in [6.45, 7) is 4.23. The minimum Gasteiger partial charge on any atom is -0.344 e. The van der Waals surface area contributed by atoms with Gasteiger partial charge in [0.1, 0.15) is 10.7 Å². The number of carbonyl (C=O) groups excluding carboxylic acids is 2. The van der Waals surface area contributed by atoms with Crippen molar-refractivity contribution in [1.29, 1.82) is 0 Å². The highest BCUT2D eigenvalue weighted by atomic mass is 32.1. The molecule has 4 rings (SSSR count). The van der Waals surface area contributed by atoms with Crippen LogP contribution in [0.3, 0.4) is 0 Å². The maximum absolute atomic E-state index is 12.7. The van der Waals surface area contributed by atoms with E-state index in [0.29, 0.717) is 15.7 Å². The summed E-state index contributed by atoms with van der Waals surface area (Å²) in [7, 11) is 3.41. The second kappa shape index (κ2) is 8.53. The molecule has 0 aliphatic carbocycles. The number of amides is 2. The number of imidazole rings is 1. The van der Waals surface area contributed by atoms with Crippen molar-refractivity contribution in [3.63, 3.8) is 0 Å². The summed E-state index contributed by atoms with van der Waals surface area (Å²) in [4.78, 5) is 41.6. The molecule has 0 atom stereocenters. The number of nitrogens with zero attached hydrogens (tertiary/aromatic N) is 4. The van der Waals surface area contributed by atoms with E-state index < -0.39 is 0 Å². The van der Waals surface area contributed by atoms with Gasteiger partial charge in [-0.3, -0.25) is 14.5 Å². The van der Waals surface area contributed by atoms with Gasteiger partial charge in [-0.1, -0.05) is 23.5 Å². The highest BCUT2D eigenvalue weighted by molar-refractivity contribution is 7.17. The molecule has 1 saturated heterocycles. The van der Waals surface area contributed by atoms with E-state index in [9.17, 15) is 9.59 Å². The van der Waals surface area contributed by atoms with E-state index >= 15 is 0 Å². The number of para-hydroxylation sites is 2. The SMILES string of the molecule is Cc1nc(NC(=O)C2CCN(Cc3nc4ccccc4[nH]3)CC2)sc1C(=O)N(C)C. The highest BCUT2D eigenvalue weighted by Crippen LogP contribution is 2.26. The molecule has 1 aliphatic heterocycles. The van der Waals surface area contributed by atoms with E-state index in [1.165, 1.54) is 16.2 Å². The number of aromatic nitrogens is 3. The Morgan fingerprint density at radius 1 is 1.23 bits per heavy atom. The first kappa shape index (κ1) is 20.5.